The Morgan fingerprint density at radius 1 is 1.17 bits per heavy atom. The Balaban J connectivity index is 2.15. The lowest BCUT2D eigenvalue weighted by molar-refractivity contribution is -0.384. The molecule has 0 atom stereocenters. The van der Waals surface area contributed by atoms with E-state index in [1.807, 2.05) is 0 Å². The summed E-state index contributed by atoms with van der Waals surface area (Å²) in [5.74, 6) is -1.08. The van der Waals surface area contributed by atoms with Crippen LogP contribution in [0.25, 0.3) is 6.08 Å². The van der Waals surface area contributed by atoms with Gasteiger partial charge in [0.1, 0.15) is 17.5 Å². The topological polar surface area (TPSA) is 96.0 Å². The highest BCUT2D eigenvalue weighted by molar-refractivity contribution is 6.09. The van der Waals surface area contributed by atoms with E-state index in [2.05, 4.69) is 5.32 Å². The molecule has 0 aliphatic heterocycles. The zero-order chi connectivity index (χ0) is 16.8. The number of nitro groups is 1. The molecule has 1 N–H and O–H groups in total. The molecule has 0 fully saturated rings. The molecule has 114 valence electrons. The minimum Gasteiger partial charge on any atom is -0.321 e. The van der Waals surface area contributed by atoms with E-state index >= 15 is 0 Å². The number of non-ortho nitro benzene ring substituents is 1. The molecule has 0 heterocycles. The minimum absolute atomic E-state index is 0.106. The standard InChI is InChI=1S/C16H10FN3O3/c17-13-3-1-11(2-4-13)9-12(10-18)16(21)19-14-5-7-15(8-6-14)20(22)23/h1-9H,(H,19,21)/b12-9-. The quantitative estimate of drug-likeness (QED) is 0.405. The van der Waals surface area contributed by atoms with Crippen molar-refractivity contribution in [2.75, 3.05) is 5.32 Å². The summed E-state index contributed by atoms with van der Waals surface area (Å²) in [5, 5.41) is 22.1. The number of nitrogens with one attached hydrogen (secondary N) is 1. The van der Waals surface area contributed by atoms with Crippen molar-refractivity contribution in [3.05, 3.63) is 75.6 Å². The van der Waals surface area contributed by atoms with Gasteiger partial charge in [-0.25, -0.2) is 4.39 Å². The van der Waals surface area contributed by atoms with Crippen molar-refractivity contribution in [2.45, 2.75) is 0 Å². The Morgan fingerprint density at radius 3 is 2.30 bits per heavy atom. The lowest BCUT2D eigenvalue weighted by atomic mass is 10.1. The third-order valence-electron chi connectivity index (χ3n) is 2.88. The maximum Gasteiger partial charge on any atom is 0.269 e. The Bertz CT molecular complexity index is 806. The molecular formula is C16H10FN3O3. The number of hydrogen-bond donors (Lipinski definition) is 1. The summed E-state index contributed by atoms with van der Waals surface area (Å²) in [6.45, 7) is 0. The maximum atomic E-state index is 12.8. The average molecular weight is 311 g/mol. The zero-order valence-electron chi connectivity index (χ0n) is 11.7. The number of nitrogens with zero attached hydrogens (tertiary/aromatic N) is 2. The molecule has 0 aliphatic carbocycles. The molecule has 2 rings (SSSR count). The van der Waals surface area contributed by atoms with Crippen molar-refractivity contribution < 1.29 is 14.1 Å². The first-order valence-corrected chi connectivity index (χ1v) is 6.43. The summed E-state index contributed by atoms with van der Waals surface area (Å²) in [7, 11) is 0. The van der Waals surface area contributed by atoms with Gasteiger partial charge in [-0.3, -0.25) is 14.9 Å². The van der Waals surface area contributed by atoms with Crippen molar-refractivity contribution in [3.8, 4) is 6.07 Å². The third kappa shape index (κ3) is 4.22. The van der Waals surface area contributed by atoms with E-state index in [-0.39, 0.29) is 11.3 Å². The van der Waals surface area contributed by atoms with E-state index in [9.17, 15) is 19.3 Å². The lowest BCUT2D eigenvalue weighted by Crippen LogP contribution is -2.13. The van der Waals surface area contributed by atoms with Crippen molar-refractivity contribution >= 4 is 23.4 Å². The second-order valence-corrected chi connectivity index (χ2v) is 4.48. The van der Waals surface area contributed by atoms with E-state index in [4.69, 9.17) is 5.26 Å². The summed E-state index contributed by atoms with van der Waals surface area (Å²) < 4.78 is 12.8. The van der Waals surface area contributed by atoms with Crippen molar-refractivity contribution in [1.82, 2.24) is 0 Å². The monoisotopic (exact) mass is 311 g/mol. The molecule has 0 aromatic heterocycles. The van der Waals surface area contributed by atoms with Crippen LogP contribution in [0, 0.1) is 27.3 Å². The fraction of sp³-hybridized carbons (Fsp3) is 0. The molecule has 0 saturated carbocycles. The fourth-order valence-corrected chi connectivity index (χ4v) is 1.74. The minimum atomic E-state index is -0.661. The van der Waals surface area contributed by atoms with Gasteiger partial charge in [-0.05, 0) is 35.9 Å². The number of nitriles is 1. The summed E-state index contributed by atoms with van der Waals surface area (Å²) >= 11 is 0. The molecule has 0 unspecified atom stereocenters. The second-order valence-electron chi connectivity index (χ2n) is 4.48. The first-order valence-electron chi connectivity index (χ1n) is 6.43. The molecule has 0 radical (unpaired) electrons. The fourth-order valence-electron chi connectivity index (χ4n) is 1.74. The van der Waals surface area contributed by atoms with Crippen LogP contribution in [-0.2, 0) is 4.79 Å². The summed E-state index contributed by atoms with van der Waals surface area (Å²) in [6.07, 6.45) is 1.32. The van der Waals surface area contributed by atoms with E-state index in [1.165, 1.54) is 54.6 Å². The van der Waals surface area contributed by atoms with Crippen LogP contribution in [-0.4, -0.2) is 10.8 Å². The Kier molecular flexibility index (Phi) is 4.79. The molecule has 0 aliphatic rings. The van der Waals surface area contributed by atoms with E-state index in [1.54, 1.807) is 6.07 Å². The molecule has 7 heteroatoms. The van der Waals surface area contributed by atoms with Crippen molar-refractivity contribution in [1.29, 1.82) is 5.26 Å². The molecule has 0 spiro atoms. The number of halogens is 1. The SMILES string of the molecule is N#C/C(=C/c1ccc(F)cc1)C(=O)Nc1ccc([N+](=O)[O-])cc1. The van der Waals surface area contributed by atoms with E-state index in [0.29, 0.717) is 11.3 Å². The van der Waals surface area contributed by atoms with Gasteiger partial charge in [-0.1, -0.05) is 12.1 Å². The second kappa shape index (κ2) is 6.95. The van der Waals surface area contributed by atoms with Gasteiger partial charge in [0.05, 0.1) is 4.92 Å². The third-order valence-corrected chi connectivity index (χ3v) is 2.88. The van der Waals surface area contributed by atoms with Gasteiger partial charge in [-0.2, -0.15) is 5.26 Å². The molecule has 1 amide bonds. The first-order chi connectivity index (χ1) is 11.0. The predicted octanol–water partition coefficient (Wildman–Crippen LogP) is 3.28. The molecule has 0 bridgehead atoms. The first kappa shape index (κ1) is 15.9. The number of nitro benzene ring substituents is 1. The number of benzene rings is 2. The van der Waals surface area contributed by atoms with Gasteiger partial charge in [-0.15, -0.1) is 0 Å². The number of anilines is 1. The van der Waals surface area contributed by atoms with E-state index in [0.717, 1.165) is 0 Å². The summed E-state index contributed by atoms with van der Waals surface area (Å²) in [5.41, 5.74) is 0.544. The Labute approximate surface area is 130 Å². The van der Waals surface area contributed by atoms with Gasteiger partial charge < -0.3 is 5.32 Å². The molecule has 23 heavy (non-hydrogen) atoms. The van der Waals surface area contributed by atoms with Gasteiger partial charge in [0, 0.05) is 17.8 Å². The van der Waals surface area contributed by atoms with Crippen molar-refractivity contribution in [2.24, 2.45) is 0 Å². The predicted molar refractivity (Wildman–Crippen MR) is 81.7 cm³/mol. The Morgan fingerprint density at radius 2 is 1.78 bits per heavy atom. The van der Waals surface area contributed by atoms with Crippen LogP contribution in [0.2, 0.25) is 0 Å². The highest BCUT2D eigenvalue weighted by Gasteiger charge is 2.11. The number of carbonyl (C=O) groups excluding carboxylic acids is 1. The van der Waals surface area contributed by atoms with Crippen LogP contribution >= 0.6 is 0 Å². The normalized spacial score (nSPS) is 10.7. The zero-order valence-corrected chi connectivity index (χ0v) is 11.7. The van der Waals surface area contributed by atoms with Gasteiger partial charge in [0.15, 0.2) is 0 Å². The smallest absolute Gasteiger partial charge is 0.269 e. The summed E-state index contributed by atoms with van der Waals surface area (Å²) in [4.78, 5) is 22.0. The van der Waals surface area contributed by atoms with Crippen molar-refractivity contribution in [3.63, 3.8) is 0 Å². The van der Waals surface area contributed by atoms with Crippen LogP contribution in [0.3, 0.4) is 0 Å². The van der Waals surface area contributed by atoms with Crippen LogP contribution in [0.15, 0.2) is 54.1 Å². The van der Waals surface area contributed by atoms with Gasteiger partial charge in [0.2, 0.25) is 0 Å². The number of carbonyl (C=O) groups is 1. The molecule has 0 saturated heterocycles. The Hall–Kier alpha value is -3.53. The molecule has 2 aromatic rings. The summed E-state index contributed by atoms with van der Waals surface area (Å²) in [6, 6.07) is 12.3. The molecule has 2 aromatic carbocycles. The van der Waals surface area contributed by atoms with Gasteiger partial charge >= 0.3 is 0 Å². The highest BCUT2D eigenvalue weighted by atomic mass is 19.1. The van der Waals surface area contributed by atoms with Crippen LogP contribution < -0.4 is 5.32 Å². The average Bonchev–Trinajstić information content (AvgIpc) is 2.54. The molecular weight excluding hydrogens is 301 g/mol. The number of hydrogen-bond acceptors (Lipinski definition) is 4. The van der Waals surface area contributed by atoms with Gasteiger partial charge in [0.25, 0.3) is 11.6 Å². The largest absolute Gasteiger partial charge is 0.321 e. The van der Waals surface area contributed by atoms with E-state index < -0.39 is 16.6 Å². The highest BCUT2D eigenvalue weighted by Crippen LogP contribution is 2.16. The number of rotatable bonds is 4. The van der Waals surface area contributed by atoms with Crippen LogP contribution in [0.5, 0.6) is 0 Å². The number of amides is 1. The molecule has 6 nitrogen and oxygen atoms in total. The van der Waals surface area contributed by atoms with Crippen LogP contribution in [0.4, 0.5) is 15.8 Å². The lowest BCUT2D eigenvalue weighted by Gasteiger charge is -2.04. The van der Waals surface area contributed by atoms with Crippen LogP contribution in [0.1, 0.15) is 5.56 Å². The maximum absolute atomic E-state index is 12.8.